The van der Waals surface area contributed by atoms with Crippen LogP contribution in [0.25, 0.3) is 0 Å². The Labute approximate surface area is 129 Å². The molecule has 0 aliphatic rings. The first-order valence-corrected chi connectivity index (χ1v) is 7.72. The smallest absolute Gasteiger partial charge is 0.0664 e. The number of nitrogens with zero attached hydrogens (tertiary/aromatic N) is 1. The van der Waals surface area contributed by atoms with E-state index in [0.29, 0.717) is 0 Å². The van der Waals surface area contributed by atoms with Crippen molar-refractivity contribution in [3.05, 3.63) is 33.3 Å². The van der Waals surface area contributed by atoms with Crippen molar-refractivity contribution in [3.8, 4) is 0 Å². The lowest BCUT2D eigenvalue weighted by atomic mass is 9.87. The van der Waals surface area contributed by atoms with Gasteiger partial charge >= 0.3 is 0 Å². The molecule has 19 heavy (non-hydrogen) atoms. The van der Waals surface area contributed by atoms with Gasteiger partial charge in [0, 0.05) is 20.6 Å². The minimum absolute atomic E-state index is 0.0597. The van der Waals surface area contributed by atoms with Crippen molar-refractivity contribution in [1.29, 1.82) is 0 Å². The summed E-state index contributed by atoms with van der Waals surface area (Å²) in [7, 11) is 0. The van der Waals surface area contributed by atoms with Gasteiger partial charge in [0.2, 0.25) is 0 Å². The predicted octanol–water partition coefficient (Wildman–Crippen LogP) is 3.73. The summed E-state index contributed by atoms with van der Waals surface area (Å²) in [6, 6.07) is 5.75. The molecule has 0 spiro atoms. The third-order valence-corrected chi connectivity index (χ3v) is 4.76. The Balaban J connectivity index is 3.27. The second kappa shape index (κ2) is 7.04. The van der Waals surface area contributed by atoms with Crippen LogP contribution in [-0.4, -0.2) is 23.5 Å². The first-order valence-electron chi connectivity index (χ1n) is 6.55. The van der Waals surface area contributed by atoms with Crippen LogP contribution in [0.3, 0.4) is 0 Å². The second-order valence-corrected chi connectivity index (χ2v) is 6.32. The Bertz CT molecular complexity index is 399. The van der Waals surface area contributed by atoms with E-state index in [1.54, 1.807) is 0 Å². The SMILES string of the molecule is CCN(CC)C(C)(C)C(NN)c1c(Cl)cccc1Br. The largest absolute Gasteiger partial charge is 0.297 e. The number of nitrogens with two attached hydrogens (primary N) is 1. The van der Waals surface area contributed by atoms with E-state index in [2.05, 4.69) is 54.0 Å². The van der Waals surface area contributed by atoms with Gasteiger partial charge in [0.15, 0.2) is 0 Å². The summed E-state index contributed by atoms with van der Waals surface area (Å²) in [6.07, 6.45) is 0. The third-order valence-electron chi connectivity index (χ3n) is 3.74. The van der Waals surface area contributed by atoms with Crippen molar-refractivity contribution in [1.82, 2.24) is 10.3 Å². The average Bonchev–Trinajstić information content (AvgIpc) is 2.34. The van der Waals surface area contributed by atoms with Crippen molar-refractivity contribution in [3.63, 3.8) is 0 Å². The molecule has 0 saturated carbocycles. The van der Waals surface area contributed by atoms with Gasteiger partial charge < -0.3 is 0 Å². The van der Waals surface area contributed by atoms with Crippen LogP contribution >= 0.6 is 27.5 Å². The lowest BCUT2D eigenvalue weighted by molar-refractivity contribution is 0.0910. The number of hydrogen-bond acceptors (Lipinski definition) is 3. The van der Waals surface area contributed by atoms with Crippen LogP contribution in [0.15, 0.2) is 22.7 Å². The van der Waals surface area contributed by atoms with Gasteiger partial charge in [0.05, 0.1) is 6.04 Å². The van der Waals surface area contributed by atoms with Crippen LogP contribution in [0, 0.1) is 0 Å². The van der Waals surface area contributed by atoms with E-state index in [1.807, 2.05) is 18.2 Å². The van der Waals surface area contributed by atoms with E-state index in [9.17, 15) is 0 Å². The van der Waals surface area contributed by atoms with Crippen LogP contribution in [0.1, 0.15) is 39.3 Å². The highest BCUT2D eigenvalue weighted by atomic mass is 79.9. The summed E-state index contributed by atoms with van der Waals surface area (Å²) in [5.74, 6) is 5.82. The van der Waals surface area contributed by atoms with Gasteiger partial charge in [-0.05, 0) is 39.1 Å². The average molecular weight is 349 g/mol. The summed E-state index contributed by atoms with van der Waals surface area (Å²) in [6.45, 7) is 10.6. The van der Waals surface area contributed by atoms with Crippen LogP contribution in [0.2, 0.25) is 5.02 Å². The maximum Gasteiger partial charge on any atom is 0.0664 e. The molecule has 3 N–H and O–H groups in total. The fourth-order valence-corrected chi connectivity index (χ4v) is 3.64. The maximum absolute atomic E-state index is 6.36. The zero-order chi connectivity index (χ0) is 14.6. The Morgan fingerprint density at radius 3 is 2.37 bits per heavy atom. The van der Waals surface area contributed by atoms with Crippen LogP contribution < -0.4 is 11.3 Å². The minimum atomic E-state index is -0.147. The molecule has 0 fully saturated rings. The monoisotopic (exact) mass is 347 g/mol. The van der Waals surface area contributed by atoms with E-state index in [4.69, 9.17) is 17.4 Å². The van der Waals surface area contributed by atoms with Crippen LogP contribution in [0.5, 0.6) is 0 Å². The van der Waals surface area contributed by atoms with Crippen molar-refractivity contribution in [2.45, 2.75) is 39.3 Å². The minimum Gasteiger partial charge on any atom is -0.297 e. The summed E-state index contributed by atoms with van der Waals surface area (Å²) in [4.78, 5) is 2.37. The Morgan fingerprint density at radius 2 is 1.95 bits per heavy atom. The highest BCUT2D eigenvalue weighted by Gasteiger charge is 2.36. The van der Waals surface area contributed by atoms with Crippen LogP contribution in [0.4, 0.5) is 0 Å². The molecule has 1 rings (SSSR count). The van der Waals surface area contributed by atoms with Gasteiger partial charge in [-0.15, -0.1) is 0 Å². The number of rotatable bonds is 6. The molecular formula is C14H23BrClN3. The fraction of sp³-hybridized carbons (Fsp3) is 0.571. The topological polar surface area (TPSA) is 41.3 Å². The first kappa shape index (κ1) is 16.9. The number of hydrogen-bond donors (Lipinski definition) is 2. The van der Waals surface area contributed by atoms with E-state index in [-0.39, 0.29) is 11.6 Å². The molecular weight excluding hydrogens is 326 g/mol. The van der Waals surface area contributed by atoms with Gasteiger partial charge in [0.25, 0.3) is 0 Å². The molecule has 0 aliphatic carbocycles. The molecule has 108 valence electrons. The predicted molar refractivity (Wildman–Crippen MR) is 86.2 cm³/mol. The molecule has 1 unspecified atom stereocenters. The lowest BCUT2D eigenvalue weighted by Crippen LogP contribution is -2.54. The molecule has 1 aromatic rings. The number of benzene rings is 1. The zero-order valence-corrected chi connectivity index (χ0v) is 14.3. The van der Waals surface area contributed by atoms with E-state index in [1.165, 1.54) is 0 Å². The Hall–Kier alpha value is -0.130. The molecule has 0 heterocycles. The van der Waals surface area contributed by atoms with Crippen LogP contribution in [-0.2, 0) is 0 Å². The number of likely N-dealkylation sites (N-methyl/N-ethyl adjacent to an activating group) is 1. The Morgan fingerprint density at radius 1 is 1.37 bits per heavy atom. The summed E-state index contributed by atoms with van der Waals surface area (Å²) >= 11 is 9.93. The third kappa shape index (κ3) is 3.50. The molecule has 0 saturated heterocycles. The lowest BCUT2D eigenvalue weighted by Gasteiger charge is -2.43. The summed E-state index contributed by atoms with van der Waals surface area (Å²) in [5.41, 5.74) is 3.79. The van der Waals surface area contributed by atoms with Crippen molar-refractivity contribution >= 4 is 27.5 Å². The molecule has 1 atom stereocenters. The van der Waals surface area contributed by atoms with Gasteiger partial charge in [-0.1, -0.05) is 47.4 Å². The molecule has 3 nitrogen and oxygen atoms in total. The van der Waals surface area contributed by atoms with Crippen molar-refractivity contribution in [2.75, 3.05) is 13.1 Å². The quantitative estimate of drug-likeness (QED) is 0.608. The fourth-order valence-electron chi connectivity index (χ4n) is 2.65. The van der Waals surface area contributed by atoms with Gasteiger partial charge in [0.1, 0.15) is 0 Å². The van der Waals surface area contributed by atoms with Gasteiger partial charge in [-0.25, -0.2) is 0 Å². The molecule has 0 aromatic heterocycles. The highest BCUT2D eigenvalue weighted by molar-refractivity contribution is 9.10. The molecule has 0 amide bonds. The van der Waals surface area contributed by atoms with E-state index in [0.717, 1.165) is 28.1 Å². The maximum atomic E-state index is 6.36. The molecule has 0 aliphatic heterocycles. The second-order valence-electron chi connectivity index (χ2n) is 5.06. The first-order chi connectivity index (χ1) is 8.89. The molecule has 1 aromatic carbocycles. The normalized spacial score (nSPS) is 13.9. The van der Waals surface area contributed by atoms with Crippen molar-refractivity contribution in [2.24, 2.45) is 5.84 Å². The standard InChI is InChI=1S/C14H23BrClN3/c1-5-19(6-2)14(3,4)13(18-17)12-10(15)8-7-9-11(12)16/h7-9,13,18H,5-6,17H2,1-4H3. The summed E-state index contributed by atoms with van der Waals surface area (Å²) in [5, 5.41) is 0.720. The molecule has 5 heteroatoms. The number of hydrazine groups is 1. The number of halogens is 2. The molecule has 0 bridgehead atoms. The van der Waals surface area contributed by atoms with Gasteiger partial charge in [-0.3, -0.25) is 16.2 Å². The number of nitrogens with one attached hydrogen (secondary N) is 1. The molecule has 0 radical (unpaired) electrons. The van der Waals surface area contributed by atoms with Crippen molar-refractivity contribution < 1.29 is 0 Å². The van der Waals surface area contributed by atoms with E-state index >= 15 is 0 Å². The highest BCUT2D eigenvalue weighted by Crippen LogP contribution is 2.38. The summed E-state index contributed by atoms with van der Waals surface area (Å²) < 4.78 is 0.975. The zero-order valence-electron chi connectivity index (χ0n) is 12.0. The Kier molecular flexibility index (Phi) is 6.27. The van der Waals surface area contributed by atoms with E-state index < -0.39 is 0 Å². The van der Waals surface area contributed by atoms with Gasteiger partial charge in [-0.2, -0.15) is 0 Å².